The van der Waals surface area contributed by atoms with Gasteiger partial charge in [-0.1, -0.05) is 13.8 Å². The van der Waals surface area contributed by atoms with Gasteiger partial charge in [-0.3, -0.25) is 0 Å². The van der Waals surface area contributed by atoms with Gasteiger partial charge >= 0.3 is 0 Å². The molecule has 0 aliphatic rings. The molecule has 0 radical (unpaired) electrons. The van der Waals surface area contributed by atoms with E-state index in [-0.39, 0.29) is 0 Å². The highest BCUT2D eigenvalue weighted by Gasteiger charge is 1.99. The zero-order valence-corrected chi connectivity index (χ0v) is 12.7. The van der Waals surface area contributed by atoms with Crippen molar-refractivity contribution in [2.45, 2.75) is 26.7 Å². The Morgan fingerprint density at radius 2 is 1.81 bits per heavy atom. The van der Waals surface area contributed by atoms with Crippen LogP contribution >= 0.6 is 0 Å². The molecule has 2 aromatic rings. The molecule has 0 fully saturated rings. The lowest BCUT2D eigenvalue weighted by atomic mass is 10.3. The normalized spacial score (nSPS) is 10.2. The fraction of sp³-hybridized carbons (Fsp3) is 0.353. The van der Waals surface area contributed by atoms with E-state index >= 15 is 0 Å². The Morgan fingerprint density at radius 3 is 2.52 bits per heavy atom. The van der Waals surface area contributed by atoms with E-state index in [4.69, 9.17) is 4.74 Å². The molecule has 4 nitrogen and oxygen atoms in total. The molecule has 0 spiro atoms. The van der Waals surface area contributed by atoms with E-state index in [9.17, 15) is 0 Å². The molecular weight excluding hydrogens is 262 g/mol. The van der Waals surface area contributed by atoms with Gasteiger partial charge in [-0.05, 0) is 43.2 Å². The summed E-state index contributed by atoms with van der Waals surface area (Å²) in [6, 6.07) is 12.0. The van der Waals surface area contributed by atoms with Gasteiger partial charge < -0.3 is 15.4 Å². The monoisotopic (exact) mass is 285 g/mol. The van der Waals surface area contributed by atoms with Crippen molar-refractivity contribution in [3.63, 3.8) is 0 Å². The summed E-state index contributed by atoms with van der Waals surface area (Å²) in [6.07, 6.45) is 3.90. The lowest BCUT2D eigenvalue weighted by Crippen LogP contribution is -2.02. The zero-order valence-electron chi connectivity index (χ0n) is 12.7. The molecule has 1 aromatic heterocycles. The zero-order chi connectivity index (χ0) is 14.9. The molecule has 0 bridgehead atoms. The van der Waals surface area contributed by atoms with Gasteiger partial charge in [-0.15, -0.1) is 0 Å². The highest BCUT2D eigenvalue weighted by molar-refractivity contribution is 5.62. The van der Waals surface area contributed by atoms with Crippen LogP contribution < -0.4 is 15.4 Å². The summed E-state index contributed by atoms with van der Waals surface area (Å²) in [5.41, 5.74) is 2.05. The van der Waals surface area contributed by atoms with Crippen LogP contribution in [0.4, 0.5) is 17.2 Å². The smallest absolute Gasteiger partial charge is 0.127 e. The minimum atomic E-state index is 0.754. The molecule has 0 atom stereocenters. The Hall–Kier alpha value is -2.23. The summed E-state index contributed by atoms with van der Waals surface area (Å²) in [5, 5.41) is 6.65. The minimum absolute atomic E-state index is 0.754. The average molecular weight is 285 g/mol. The number of nitrogens with zero attached hydrogens (tertiary/aromatic N) is 1. The van der Waals surface area contributed by atoms with Gasteiger partial charge in [0.25, 0.3) is 0 Å². The van der Waals surface area contributed by atoms with Crippen molar-refractivity contribution in [1.29, 1.82) is 0 Å². The Kier molecular flexibility index (Phi) is 5.88. The maximum Gasteiger partial charge on any atom is 0.127 e. The molecule has 0 amide bonds. The van der Waals surface area contributed by atoms with Crippen LogP contribution in [-0.2, 0) is 0 Å². The van der Waals surface area contributed by atoms with Crippen molar-refractivity contribution in [2.75, 3.05) is 23.8 Å². The van der Waals surface area contributed by atoms with Crippen LogP contribution in [0.15, 0.2) is 42.6 Å². The van der Waals surface area contributed by atoms with Crippen LogP contribution in [0.5, 0.6) is 5.75 Å². The third kappa shape index (κ3) is 4.99. The van der Waals surface area contributed by atoms with Crippen molar-refractivity contribution in [3.8, 4) is 5.75 Å². The van der Waals surface area contributed by atoms with Gasteiger partial charge in [-0.2, -0.15) is 0 Å². The Morgan fingerprint density at radius 1 is 1.00 bits per heavy atom. The number of ether oxygens (including phenoxy) is 1. The summed E-state index contributed by atoms with van der Waals surface area (Å²) in [7, 11) is 0. The molecule has 0 saturated carbocycles. The van der Waals surface area contributed by atoms with E-state index in [0.717, 1.165) is 48.9 Å². The highest BCUT2D eigenvalue weighted by Crippen LogP contribution is 2.21. The van der Waals surface area contributed by atoms with Gasteiger partial charge in [0, 0.05) is 30.2 Å². The number of rotatable bonds is 8. The van der Waals surface area contributed by atoms with Gasteiger partial charge in [-0.25, -0.2) is 4.98 Å². The van der Waals surface area contributed by atoms with E-state index in [2.05, 4.69) is 29.5 Å². The number of anilines is 3. The quantitative estimate of drug-likeness (QED) is 0.753. The molecule has 2 N–H and O–H groups in total. The Bertz CT molecular complexity index is 540. The SMILES string of the molecule is CCCNc1cc(Nc2ccc(OCCC)cc2)ccn1. The molecular formula is C17H23N3O. The van der Waals surface area contributed by atoms with Gasteiger partial charge in [0.2, 0.25) is 0 Å². The summed E-state index contributed by atoms with van der Waals surface area (Å²) in [5.74, 6) is 1.80. The Balaban J connectivity index is 1.97. The Labute approximate surface area is 126 Å². The second-order valence-electron chi connectivity index (χ2n) is 4.85. The fourth-order valence-electron chi connectivity index (χ4n) is 1.88. The van der Waals surface area contributed by atoms with Crippen molar-refractivity contribution in [2.24, 2.45) is 0 Å². The van der Waals surface area contributed by atoms with E-state index in [1.54, 1.807) is 6.20 Å². The van der Waals surface area contributed by atoms with Crippen LogP contribution in [0, 0.1) is 0 Å². The topological polar surface area (TPSA) is 46.2 Å². The summed E-state index contributed by atoms with van der Waals surface area (Å²) in [6.45, 7) is 5.92. The first kappa shape index (κ1) is 15.2. The molecule has 21 heavy (non-hydrogen) atoms. The van der Waals surface area contributed by atoms with E-state index in [1.165, 1.54) is 0 Å². The molecule has 2 rings (SSSR count). The second-order valence-corrected chi connectivity index (χ2v) is 4.85. The first-order valence-electron chi connectivity index (χ1n) is 7.51. The van der Waals surface area contributed by atoms with Crippen LogP contribution in [0.25, 0.3) is 0 Å². The first-order valence-corrected chi connectivity index (χ1v) is 7.51. The number of hydrogen-bond acceptors (Lipinski definition) is 4. The predicted octanol–water partition coefficient (Wildman–Crippen LogP) is 4.44. The molecule has 0 saturated heterocycles. The van der Waals surface area contributed by atoms with Crippen LogP contribution in [0.3, 0.4) is 0 Å². The number of nitrogens with one attached hydrogen (secondary N) is 2. The lowest BCUT2D eigenvalue weighted by molar-refractivity contribution is 0.317. The van der Waals surface area contributed by atoms with Gasteiger partial charge in [0.15, 0.2) is 0 Å². The number of pyridine rings is 1. The molecule has 4 heteroatoms. The van der Waals surface area contributed by atoms with E-state index in [1.807, 2.05) is 36.4 Å². The summed E-state index contributed by atoms with van der Waals surface area (Å²) < 4.78 is 5.58. The molecule has 1 heterocycles. The predicted molar refractivity (Wildman–Crippen MR) is 88.5 cm³/mol. The summed E-state index contributed by atoms with van der Waals surface area (Å²) in [4.78, 5) is 4.30. The first-order chi connectivity index (χ1) is 10.3. The van der Waals surface area contributed by atoms with Crippen LogP contribution in [0.1, 0.15) is 26.7 Å². The third-order valence-corrected chi connectivity index (χ3v) is 2.93. The number of hydrogen-bond donors (Lipinski definition) is 2. The van der Waals surface area contributed by atoms with Crippen molar-refractivity contribution in [3.05, 3.63) is 42.6 Å². The average Bonchev–Trinajstić information content (AvgIpc) is 2.53. The van der Waals surface area contributed by atoms with Gasteiger partial charge in [0.1, 0.15) is 11.6 Å². The van der Waals surface area contributed by atoms with E-state index < -0.39 is 0 Å². The maximum atomic E-state index is 5.58. The molecule has 0 aliphatic carbocycles. The highest BCUT2D eigenvalue weighted by atomic mass is 16.5. The summed E-state index contributed by atoms with van der Waals surface area (Å²) >= 11 is 0. The van der Waals surface area contributed by atoms with Gasteiger partial charge in [0.05, 0.1) is 6.61 Å². The van der Waals surface area contributed by atoms with Crippen LogP contribution in [0.2, 0.25) is 0 Å². The third-order valence-electron chi connectivity index (χ3n) is 2.93. The number of benzene rings is 1. The number of aromatic nitrogens is 1. The molecule has 0 aliphatic heterocycles. The molecule has 112 valence electrons. The minimum Gasteiger partial charge on any atom is -0.494 e. The van der Waals surface area contributed by atoms with E-state index in [0.29, 0.717) is 0 Å². The van der Waals surface area contributed by atoms with Crippen LogP contribution in [-0.4, -0.2) is 18.1 Å². The van der Waals surface area contributed by atoms with Crippen molar-refractivity contribution >= 4 is 17.2 Å². The van der Waals surface area contributed by atoms with Crippen molar-refractivity contribution in [1.82, 2.24) is 4.98 Å². The standard InChI is InChI=1S/C17H23N3O/c1-3-10-18-17-13-15(9-11-19-17)20-14-5-7-16(8-6-14)21-12-4-2/h5-9,11,13H,3-4,10,12H2,1-2H3,(H2,18,19,20). The maximum absolute atomic E-state index is 5.58. The molecule has 1 aromatic carbocycles. The fourth-order valence-corrected chi connectivity index (χ4v) is 1.88. The van der Waals surface area contributed by atoms with Crippen molar-refractivity contribution < 1.29 is 4.74 Å². The largest absolute Gasteiger partial charge is 0.494 e. The second kappa shape index (κ2) is 8.15. The molecule has 0 unspecified atom stereocenters. The lowest BCUT2D eigenvalue weighted by Gasteiger charge is -2.10.